The lowest BCUT2D eigenvalue weighted by atomic mass is 9.94. The van der Waals surface area contributed by atoms with Crippen molar-refractivity contribution >= 4 is 16.5 Å². The summed E-state index contributed by atoms with van der Waals surface area (Å²) < 4.78 is 57.6. The van der Waals surface area contributed by atoms with Gasteiger partial charge in [0.1, 0.15) is 11.4 Å². The van der Waals surface area contributed by atoms with Gasteiger partial charge in [-0.2, -0.15) is 18.3 Å². The van der Waals surface area contributed by atoms with Gasteiger partial charge in [0.2, 0.25) is 0 Å². The van der Waals surface area contributed by atoms with Gasteiger partial charge in [0.05, 0.1) is 23.0 Å². The Bertz CT molecular complexity index is 1710. The number of pyridine rings is 2. The highest BCUT2D eigenvalue weighted by Crippen LogP contribution is 2.50. The van der Waals surface area contributed by atoms with Gasteiger partial charge >= 0.3 is 6.18 Å². The second kappa shape index (κ2) is 10.8. The number of benzene rings is 1. The van der Waals surface area contributed by atoms with E-state index in [2.05, 4.69) is 22.3 Å². The zero-order valence-electron chi connectivity index (χ0n) is 23.1. The van der Waals surface area contributed by atoms with Crippen LogP contribution >= 0.6 is 0 Å². The van der Waals surface area contributed by atoms with Crippen LogP contribution < -0.4 is 16.4 Å². The molecule has 216 valence electrons. The number of nitrogens with zero attached hydrogens (tertiary/aromatic N) is 4. The Morgan fingerprint density at radius 1 is 1.10 bits per heavy atom. The molecule has 0 aliphatic heterocycles. The van der Waals surface area contributed by atoms with Gasteiger partial charge in [-0.3, -0.25) is 14.6 Å². The first-order valence-electron chi connectivity index (χ1n) is 13.6. The molecule has 1 atom stereocenters. The Kier molecular flexibility index (Phi) is 7.48. The summed E-state index contributed by atoms with van der Waals surface area (Å²) in [5.41, 5.74) is -0.777. The summed E-state index contributed by atoms with van der Waals surface area (Å²) in [5, 5.41) is 6.84. The Balaban J connectivity index is 1.28. The number of rotatable bonds is 9. The van der Waals surface area contributed by atoms with Crippen molar-refractivity contribution in [2.24, 2.45) is 7.05 Å². The van der Waals surface area contributed by atoms with Gasteiger partial charge in [-0.15, -0.1) is 0 Å². The molecule has 1 N–H and O–H groups in total. The number of halogens is 4. The Labute approximate surface area is 233 Å². The molecule has 0 bridgehead atoms. The molecule has 3 aromatic heterocycles. The van der Waals surface area contributed by atoms with Crippen molar-refractivity contribution in [3.8, 4) is 11.3 Å². The lowest BCUT2D eigenvalue weighted by Crippen LogP contribution is -2.31. The molecule has 4 aromatic rings. The van der Waals surface area contributed by atoms with E-state index in [1.54, 1.807) is 25.3 Å². The molecule has 0 spiro atoms. The van der Waals surface area contributed by atoms with Gasteiger partial charge in [0.15, 0.2) is 0 Å². The monoisotopic (exact) mass is 569 g/mol. The maximum atomic E-state index is 15.2. The third-order valence-corrected chi connectivity index (χ3v) is 8.09. The quantitative estimate of drug-likeness (QED) is 0.249. The summed E-state index contributed by atoms with van der Waals surface area (Å²) in [7, 11) is 1.15. The fourth-order valence-corrected chi connectivity index (χ4v) is 5.39. The lowest BCUT2D eigenvalue weighted by Gasteiger charge is -2.19. The van der Waals surface area contributed by atoms with Gasteiger partial charge in [0, 0.05) is 37.6 Å². The van der Waals surface area contributed by atoms with Gasteiger partial charge in [-0.25, -0.2) is 9.07 Å². The van der Waals surface area contributed by atoms with E-state index in [0.717, 1.165) is 32.5 Å². The molecule has 1 aliphatic rings. The van der Waals surface area contributed by atoms with Gasteiger partial charge in [-0.1, -0.05) is 13.0 Å². The van der Waals surface area contributed by atoms with Crippen molar-refractivity contribution in [2.75, 3.05) is 5.32 Å². The van der Waals surface area contributed by atoms with Gasteiger partial charge in [0.25, 0.3) is 11.1 Å². The number of hydrogen-bond donors (Lipinski definition) is 1. The van der Waals surface area contributed by atoms with Crippen LogP contribution in [0.3, 0.4) is 0 Å². The minimum atomic E-state index is -4.84. The lowest BCUT2D eigenvalue weighted by molar-refractivity contribution is -0.138. The minimum Gasteiger partial charge on any atom is -0.381 e. The minimum absolute atomic E-state index is 0.0250. The molecule has 0 saturated heterocycles. The van der Waals surface area contributed by atoms with E-state index >= 15 is 4.39 Å². The van der Waals surface area contributed by atoms with E-state index in [4.69, 9.17) is 0 Å². The first-order chi connectivity index (χ1) is 19.4. The van der Waals surface area contributed by atoms with Crippen LogP contribution in [0.15, 0.2) is 58.5 Å². The second-order valence-corrected chi connectivity index (χ2v) is 10.8. The molecule has 5 rings (SSSR count). The summed E-state index contributed by atoms with van der Waals surface area (Å²) in [4.78, 5) is 29.7. The molecule has 1 fully saturated rings. The Hall–Kier alpha value is -4.02. The van der Waals surface area contributed by atoms with Crippen LogP contribution in [0.25, 0.3) is 22.0 Å². The largest absolute Gasteiger partial charge is 0.423 e. The smallest absolute Gasteiger partial charge is 0.381 e. The van der Waals surface area contributed by atoms with Crippen molar-refractivity contribution in [1.29, 1.82) is 0 Å². The molecule has 0 amide bonds. The van der Waals surface area contributed by atoms with E-state index in [0.29, 0.717) is 34.2 Å². The van der Waals surface area contributed by atoms with Crippen LogP contribution in [0.2, 0.25) is 0 Å². The van der Waals surface area contributed by atoms with Crippen LogP contribution in [0.4, 0.5) is 23.2 Å². The number of nitrogens with one attached hydrogen (secondary N) is 1. The molecule has 1 aliphatic carbocycles. The topological polar surface area (TPSA) is 81.8 Å². The molecule has 11 heteroatoms. The number of aryl methyl sites for hydroxylation is 2. The van der Waals surface area contributed by atoms with E-state index in [-0.39, 0.29) is 17.3 Å². The summed E-state index contributed by atoms with van der Waals surface area (Å²) in [6, 6.07) is 8.24. The third-order valence-electron chi connectivity index (χ3n) is 8.09. The van der Waals surface area contributed by atoms with Crippen molar-refractivity contribution < 1.29 is 17.6 Å². The predicted octanol–water partition coefficient (Wildman–Crippen LogP) is 6.04. The normalized spacial score (nSPS) is 15.2. The molecule has 1 aromatic carbocycles. The second-order valence-electron chi connectivity index (χ2n) is 10.8. The van der Waals surface area contributed by atoms with Crippen LogP contribution in [0, 0.1) is 5.82 Å². The van der Waals surface area contributed by atoms with E-state index in [9.17, 15) is 22.8 Å². The highest BCUT2D eigenvalue weighted by Gasteiger charge is 2.42. The van der Waals surface area contributed by atoms with Gasteiger partial charge < -0.3 is 9.88 Å². The van der Waals surface area contributed by atoms with E-state index in [1.807, 2.05) is 18.3 Å². The third kappa shape index (κ3) is 5.62. The molecular formula is C30H31F4N5O2. The van der Waals surface area contributed by atoms with Crippen molar-refractivity contribution in [3.05, 3.63) is 86.6 Å². The number of hydrogen-bond acceptors (Lipinski definition) is 5. The number of aromatic nitrogens is 4. The SMILES string of the molecule is CCC1(c2ccc(-c3cc(F)c4c(=O)n(CCC[C@H](C)Nc5cnn(C)c(=O)c5C(F)(F)F)ccc4c3)nc2)CC1. The standard InChI is InChI=1S/C30H31F4N5O2/c1-4-29(10-11-29)21-7-8-23(35-16-21)20-14-19-9-13-39(27(40)25(19)22(31)15-20)12-5-6-18(2)37-24-17-36-38(3)28(41)26(24)30(32,33)34/h7-9,13-18,37H,4-6,10-12H2,1-3H3/t18-/m0/s1. The summed E-state index contributed by atoms with van der Waals surface area (Å²) in [6.07, 6.45) is 3.77. The summed E-state index contributed by atoms with van der Waals surface area (Å²) >= 11 is 0. The van der Waals surface area contributed by atoms with Crippen LogP contribution in [-0.2, 0) is 25.2 Å². The first-order valence-corrected chi connectivity index (χ1v) is 13.6. The maximum absolute atomic E-state index is 15.2. The molecule has 0 radical (unpaired) electrons. The summed E-state index contributed by atoms with van der Waals surface area (Å²) in [5.74, 6) is -0.636. The maximum Gasteiger partial charge on any atom is 0.423 e. The van der Waals surface area contributed by atoms with E-state index in [1.165, 1.54) is 16.2 Å². The number of anilines is 1. The average Bonchev–Trinajstić information content (AvgIpc) is 3.73. The molecule has 7 nitrogen and oxygen atoms in total. The highest BCUT2D eigenvalue weighted by atomic mass is 19.4. The Morgan fingerprint density at radius 2 is 1.85 bits per heavy atom. The Morgan fingerprint density at radius 3 is 2.49 bits per heavy atom. The molecule has 0 unspecified atom stereocenters. The van der Waals surface area contributed by atoms with Crippen molar-refractivity contribution in [3.63, 3.8) is 0 Å². The van der Waals surface area contributed by atoms with E-state index < -0.39 is 40.4 Å². The fraction of sp³-hybridized carbons (Fsp3) is 0.400. The number of alkyl halides is 3. The van der Waals surface area contributed by atoms with Crippen LogP contribution in [0.1, 0.15) is 57.1 Å². The predicted molar refractivity (Wildman–Crippen MR) is 149 cm³/mol. The molecule has 41 heavy (non-hydrogen) atoms. The van der Waals surface area contributed by atoms with Crippen LogP contribution in [-0.4, -0.2) is 25.4 Å². The molecular weight excluding hydrogens is 538 g/mol. The zero-order chi connectivity index (χ0) is 29.5. The zero-order valence-corrected chi connectivity index (χ0v) is 23.1. The fourth-order valence-electron chi connectivity index (χ4n) is 5.39. The van der Waals surface area contributed by atoms with Crippen molar-refractivity contribution in [2.45, 2.75) is 70.1 Å². The highest BCUT2D eigenvalue weighted by molar-refractivity contribution is 5.86. The van der Waals surface area contributed by atoms with Crippen molar-refractivity contribution in [1.82, 2.24) is 19.3 Å². The number of fused-ring (bicyclic) bond motifs is 1. The average molecular weight is 570 g/mol. The molecule has 3 heterocycles. The molecule has 1 saturated carbocycles. The summed E-state index contributed by atoms with van der Waals surface area (Å²) in [6.45, 7) is 4.09. The first kappa shape index (κ1) is 28.5. The van der Waals surface area contributed by atoms with Gasteiger partial charge in [-0.05, 0) is 79.7 Å². The van der Waals surface area contributed by atoms with Crippen LogP contribution in [0.5, 0.6) is 0 Å².